The molecule has 2 rings (SSSR count). The maximum Gasteiger partial charge on any atom is 0.156 e. The average molecular weight is 330 g/mol. The summed E-state index contributed by atoms with van der Waals surface area (Å²) in [6.07, 6.45) is 2.00. The Hall–Kier alpha value is -1.08. The molecule has 3 N–H and O–H groups in total. The number of aryl methyl sites for hydroxylation is 2. The lowest BCUT2D eigenvalue weighted by atomic mass is 10.2. The van der Waals surface area contributed by atoms with Gasteiger partial charge in [0.15, 0.2) is 5.84 Å². The van der Waals surface area contributed by atoms with Crippen LogP contribution in [0.1, 0.15) is 31.2 Å². The molecule has 1 saturated heterocycles. The molecule has 0 radical (unpaired) electrons. The first-order valence-corrected chi connectivity index (χ1v) is 7.31. The van der Waals surface area contributed by atoms with Gasteiger partial charge in [-0.1, -0.05) is 5.16 Å². The van der Waals surface area contributed by atoms with Crippen LogP contribution in [0.25, 0.3) is 0 Å². The molecule has 1 atom stereocenters. The van der Waals surface area contributed by atoms with Gasteiger partial charge < -0.3 is 10.9 Å². The number of hydrogen-bond donors (Lipinski definition) is 2. The predicted octanol–water partition coefficient (Wildman–Crippen LogP) is 1.68. The van der Waals surface area contributed by atoms with Crippen LogP contribution in [0, 0.1) is 6.92 Å². The summed E-state index contributed by atoms with van der Waals surface area (Å²) in [5, 5.41) is 16.5. The van der Waals surface area contributed by atoms with E-state index >= 15 is 0 Å². The van der Waals surface area contributed by atoms with Crippen molar-refractivity contribution in [3.8, 4) is 0 Å². The number of likely N-dealkylation sites (tertiary alicyclic amines) is 1. The summed E-state index contributed by atoms with van der Waals surface area (Å²) in [5.74, 6) is 0.299. The molecule has 0 bridgehead atoms. The molecule has 0 aliphatic carbocycles. The van der Waals surface area contributed by atoms with Crippen LogP contribution >= 0.6 is 15.9 Å². The summed E-state index contributed by atoms with van der Waals surface area (Å²) in [7, 11) is 0. The third-order valence-electron chi connectivity index (χ3n) is 3.63. The first-order valence-electron chi connectivity index (χ1n) is 6.51. The molecule has 1 fully saturated rings. The summed E-state index contributed by atoms with van der Waals surface area (Å²) >= 11 is 3.60. The maximum absolute atomic E-state index is 8.85. The van der Waals surface area contributed by atoms with Crippen LogP contribution < -0.4 is 5.73 Å². The topological polar surface area (TPSA) is 79.7 Å². The summed E-state index contributed by atoms with van der Waals surface area (Å²) in [4.78, 5) is 2.24. The molecule has 0 amide bonds. The number of nitrogens with zero attached hydrogens (tertiary/aromatic N) is 4. The van der Waals surface area contributed by atoms with Crippen molar-refractivity contribution in [3.05, 3.63) is 15.9 Å². The summed E-state index contributed by atoms with van der Waals surface area (Å²) in [5.41, 5.74) is 7.91. The van der Waals surface area contributed by atoms with Crippen molar-refractivity contribution in [2.24, 2.45) is 10.9 Å². The highest BCUT2D eigenvalue weighted by Crippen LogP contribution is 2.26. The Bertz CT molecular complexity index is 485. The molecule has 6 nitrogen and oxygen atoms in total. The SMILES string of the molecule is CCn1nc(C)c(Br)c1CN1CCCC1C(N)=NO. The normalized spacial score (nSPS) is 21.2. The van der Waals surface area contributed by atoms with Gasteiger partial charge in [-0.15, -0.1) is 0 Å². The number of halogens is 1. The fraction of sp³-hybridized carbons (Fsp3) is 0.667. The fourth-order valence-electron chi connectivity index (χ4n) is 2.63. The Morgan fingerprint density at radius 1 is 1.63 bits per heavy atom. The van der Waals surface area contributed by atoms with E-state index in [2.05, 4.69) is 38.0 Å². The van der Waals surface area contributed by atoms with Gasteiger partial charge in [-0.05, 0) is 49.2 Å². The number of hydrogen-bond acceptors (Lipinski definition) is 4. The van der Waals surface area contributed by atoms with Gasteiger partial charge in [0.25, 0.3) is 0 Å². The highest BCUT2D eigenvalue weighted by Gasteiger charge is 2.29. The van der Waals surface area contributed by atoms with Crippen molar-refractivity contribution in [1.82, 2.24) is 14.7 Å². The first-order chi connectivity index (χ1) is 9.08. The molecule has 19 heavy (non-hydrogen) atoms. The van der Waals surface area contributed by atoms with Gasteiger partial charge in [-0.2, -0.15) is 5.10 Å². The molecule has 0 saturated carbocycles. The standard InChI is InChI=1S/C12H20BrN5O/c1-3-18-10(11(13)8(2)15-18)7-17-6-4-5-9(17)12(14)16-19/h9,19H,3-7H2,1-2H3,(H2,14,16). The van der Waals surface area contributed by atoms with E-state index in [1.807, 2.05) is 11.6 Å². The molecule has 1 aliphatic rings. The molecule has 1 aliphatic heterocycles. The van der Waals surface area contributed by atoms with Gasteiger partial charge in [-0.25, -0.2) is 0 Å². The quantitative estimate of drug-likeness (QED) is 0.381. The molecule has 7 heteroatoms. The second kappa shape index (κ2) is 5.92. The highest BCUT2D eigenvalue weighted by atomic mass is 79.9. The molecule has 106 valence electrons. The number of rotatable bonds is 4. The van der Waals surface area contributed by atoms with E-state index in [9.17, 15) is 0 Å². The molecule has 1 unspecified atom stereocenters. The van der Waals surface area contributed by atoms with Crippen LogP contribution in [0.15, 0.2) is 9.63 Å². The third-order valence-corrected chi connectivity index (χ3v) is 4.66. The molecule has 1 aromatic heterocycles. The zero-order valence-electron chi connectivity index (χ0n) is 11.3. The van der Waals surface area contributed by atoms with E-state index in [4.69, 9.17) is 10.9 Å². The zero-order valence-corrected chi connectivity index (χ0v) is 12.9. The van der Waals surface area contributed by atoms with Crippen LogP contribution in [0.5, 0.6) is 0 Å². The van der Waals surface area contributed by atoms with Crippen LogP contribution in [-0.2, 0) is 13.1 Å². The Balaban J connectivity index is 2.21. The lowest BCUT2D eigenvalue weighted by Crippen LogP contribution is -2.40. The van der Waals surface area contributed by atoms with Crippen LogP contribution in [0.2, 0.25) is 0 Å². The first kappa shape index (κ1) is 14.3. The monoisotopic (exact) mass is 329 g/mol. The largest absolute Gasteiger partial charge is 0.409 e. The Labute approximate surface area is 121 Å². The number of oxime groups is 1. The second-order valence-corrected chi connectivity index (χ2v) is 5.61. The fourth-order valence-corrected chi connectivity index (χ4v) is 3.04. The molecule has 0 spiro atoms. The van der Waals surface area contributed by atoms with Crippen molar-refractivity contribution < 1.29 is 5.21 Å². The smallest absolute Gasteiger partial charge is 0.156 e. The van der Waals surface area contributed by atoms with Crippen LogP contribution in [0.3, 0.4) is 0 Å². The average Bonchev–Trinajstić information content (AvgIpc) is 2.98. The number of nitrogens with two attached hydrogens (primary N) is 1. The van der Waals surface area contributed by atoms with Crippen molar-refractivity contribution in [1.29, 1.82) is 0 Å². The van der Waals surface area contributed by atoms with E-state index in [-0.39, 0.29) is 6.04 Å². The molecule has 2 heterocycles. The van der Waals surface area contributed by atoms with Crippen LogP contribution in [0.4, 0.5) is 0 Å². The van der Waals surface area contributed by atoms with E-state index < -0.39 is 0 Å². The van der Waals surface area contributed by atoms with Crippen molar-refractivity contribution in [2.45, 2.75) is 45.8 Å². The van der Waals surface area contributed by atoms with Crippen LogP contribution in [-0.4, -0.2) is 38.3 Å². The predicted molar refractivity (Wildman–Crippen MR) is 77.2 cm³/mol. The minimum atomic E-state index is 0.0254. The Morgan fingerprint density at radius 3 is 3.00 bits per heavy atom. The summed E-state index contributed by atoms with van der Waals surface area (Å²) in [6.45, 7) is 6.62. The molecular formula is C12H20BrN5O. The van der Waals surface area contributed by atoms with Gasteiger partial charge in [0.05, 0.1) is 21.9 Å². The third kappa shape index (κ3) is 2.76. The zero-order chi connectivity index (χ0) is 14.0. The lowest BCUT2D eigenvalue weighted by Gasteiger charge is -2.23. The van der Waals surface area contributed by atoms with Gasteiger partial charge in [0, 0.05) is 13.1 Å². The van der Waals surface area contributed by atoms with Crippen molar-refractivity contribution in [2.75, 3.05) is 6.54 Å². The van der Waals surface area contributed by atoms with Gasteiger partial charge in [-0.3, -0.25) is 9.58 Å². The van der Waals surface area contributed by atoms with Crippen molar-refractivity contribution >= 4 is 21.8 Å². The Kier molecular flexibility index (Phi) is 4.46. The molecular weight excluding hydrogens is 310 g/mol. The number of amidine groups is 1. The Morgan fingerprint density at radius 2 is 2.37 bits per heavy atom. The highest BCUT2D eigenvalue weighted by molar-refractivity contribution is 9.10. The molecule has 0 aromatic carbocycles. The second-order valence-electron chi connectivity index (χ2n) is 4.82. The minimum absolute atomic E-state index is 0.0254. The summed E-state index contributed by atoms with van der Waals surface area (Å²) < 4.78 is 3.06. The van der Waals surface area contributed by atoms with Gasteiger partial charge in [0.1, 0.15) is 0 Å². The van der Waals surface area contributed by atoms with E-state index in [1.54, 1.807) is 0 Å². The van der Waals surface area contributed by atoms with E-state index in [1.165, 1.54) is 0 Å². The van der Waals surface area contributed by atoms with Gasteiger partial charge >= 0.3 is 0 Å². The van der Waals surface area contributed by atoms with Gasteiger partial charge in [0.2, 0.25) is 0 Å². The van der Waals surface area contributed by atoms with E-state index in [0.717, 1.165) is 48.3 Å². The van der Waals surface area contributed by atoms with E-state index in [0.29, 0.717) is 5.84 Å². The maximum atomic E-state index is 8.85. The molecule has 1 aromatic rings. The lowest BCUT2D eigenvalue weighted by molar-refractivity contribution is 0.268. The number of aromatic nitrogens is 2. The minimum Gasteiger partial charge on any atom is -0.409 e. The van der Waals surface area contributed by atoms with Crippen molar-refractivity contribution in [3.63, 3.8) is 0 Å². The summed E-state index contributed by atoms with van der Waals surface area (Å²) in [6, 6.07) is 0.0254.